The first-order valence-electron chi connectivity index (χ1n) is 7.69. The molecule has 0 aliphatic carbocycles. The van der Waals surface area contributed by atoms with Crippen LogP contribution in [0.2, 0.25) is 0 Å². The number of rotatable bonds is 2. The van der Waals surface area contributed by atoms with E-state index in [1.165, 1.54) is 22.2 Å². The molecule has 2 aromatic heterocycles. The van der Waals surface area contributed by atoms with Crippen LogP contribution in [0.1, 0.15) is 6.42 Å². The molecule has 122 valence electrons. The van der Waals surface area contributed by atoms with Crippen LogP contribution in [0.15, 0.2) is 51.7 Å². The van der Waals surface area contributed by atoms with Gasteiger partial charge in [-0.05, 0) is 35.8 Å². The third-order valence-corrected chi connectivity index (χ3v) is 5.97. The van der Waals surface area contributed by atoms with Crippen molar-refractivity contribution in [1.82, 2.24) is 9.55 Å². The summed E-state index contributed by atoms with van der Waals surface area (Å²) in [6.45, 7) is 0.683. The van der Waals surface area contributed by atoms with Gasteiger partial charge in [0, 0.05) is 11.4 Å². The number of fused-ring (bicyclic) bond motifs is 2. The van der Waals surface area contributed by atoms with Gasteiger partial charge in [0.15, 0.2) is 0 Å². The summed E-state index contributed by atoms with van der Waals surface area (Å²) >= 11 is 3.20. The zero-order chi connectivity index (χ0) is 16.5. The Hall–Kier alpha value is -2.12. The molecule has 0 atom stereocenters. The zero-order valence-electron chi connectivity index (χ0n) is 12.8. The monoisotopic (exact) mass is 357 g/mol. The molecule has 7 heteroatoms. The average Bonchev–Trinajstić information content (AvgIpc) is 2.97. The van der Waals surface area contributed by atoms with E-state index >= 15 is 0 Å². The van der Waals surface area contributed by atoms with Gasteiger partial charge in [-0.2, -0.15) is 0 Å². The lowest BCUT2D eigenvalue weighted by atomic mass is 10.2. The van der Waals surface area contributed by atoms with Crippen LogP contribution in [0, 0.1) is 0 Å². The van der Waals surface area contributed by atoms with Crippen molar-refractivity contribution < 1.29 is 4.79 Å². The molecule has 3 aromatic rings. The minimum absolute atomic E-state index is 0.0105. The number of thioether (sulfide) groups is 1. The van der Waals surface area contributed by atoms with Gasteiger partial charge in [-0.1, -0.05) is 12.1 Å². The topological polar surface area (TPSA) is 55.2 Å². The van der Waals surface area contributed by atoms with Gasteiger partial charge in [-0.25, -0.2) is 4.98 Å². The number of para-hydroxylation sites is 1. The maximum absolute atomic E-state index is 12.8. The van der Waals surface area contributed by atoms with Gasteiger partial charge in [-0.3, -0.25) is 14.2 Å². The van der Waals surface area contributed by atoms with Gasteiger partial charge in [-0.15, -0.1) is 23.1 Å². The summed E-state index contributed by atoms with van der Waals surface area (Å²) in [6, 6.07) is 9.69. The molecule has 1 amide bonds. The molecule has 4 rings (SSSR count). The molecule has 5 nitrogen and oxygen atoms in total. The summed E-state index contributed by atoms with van der Waals surface area (Å²) in [7, 11) is 0. The molecular formula is C17H15N3O2S2. The van der Waals surface area contributed by atoms with Crippen molar-refractivity contribution in [2.45, 2.75) is 17.9 Å². The fourth-order valence-corrected chi connectivity index (χ4v) is 4.54. The van der Waals surface area contributed by atoms with Gasteiger partial charge in [0.25, 0.3) is 5.56 Å². The third-order valence-electron chi connectivity index (χ3n) is 4.00. The Labute approximate surface area is 146 Å². The first-order valence-corrected chi connectivity index (χ1v) is 9.55. The summed E-state index contributed by atoms with van der Waals surface area (Å²) in [5.74, 6) is 0.909. The Balaban J connectivity index is 1.66. The Bertz CT molecular complexity index is 964. The summed E-state index contributed by atoms with van der Waals surface area (Å²) in [4.78, 5) is 33.2. The molecule has 0 spiro atoms. The van der Waals surface area contributed by atoms with Crippen LogP contribution < -0.4 is 10.5 Å². The molecule has 1 aliphatic heterocycles. The minimum Gasteiger partial charge on any atom is -0.310 e. The molecule has 1 aliphatic rings. The van der Waals surface area contributed by atoms with Gasteiger partial charge >= 0.3 is 0 Å². The number of carbonyl (C=O) groups excluding carboxylic acids is 1. The molecular weight excluding hydrogens is 342 g/mol. The van der Waals surface area contributed by atoms with Crippen molar-refractivity contribution in [3.8, 4) is 0 Å². The fourth-order valence-electron chi connectivity index (χ4n) is 2.82. The Kier molecular flexibility index (Phi) is 4.12. The SMILES string of the molecule is O=C(Cn1cnc2sccc2c1=O)N1CCCSc2ccccc21. The van der Waals surface area contributed by atoms with Crippen LogP contribution in [0.4, 0.5) is 5.69 Å². The van der Waals surface area contributed by atoms with Crippen molar-refractivity contribution in [2.75, 3.05) is 17.2 Å². The highest BCUT2D eigenvalue weighted by Gasteiger charge is 2.22. The van der Waals surface area contributed by atoms with Crippen molar-refractivity contribution in [3.05, 3.63) is 52.4 Å². The quantitative estimate of drug-likeness (QED) is 0.707. The van der Waals surface area contributed by atoms with Crippen molar-refractivity contribution in [3.63, 3.8) is 0 Å². The van der Waals surface area contributed by atoms with Crippen molar-refractivity contribution in [2.24, 2.45) is 0 Å². The number of hydrogen-bond donors (Lipinski definition) is 0. The van der Waals surface area contributed by atoms with E-state index in [4.69, 9.17) is 0 Å². The highest BCUT2D eigenvalue weighted by atomic mass is 32.2. The first kappa shape index (κ1) is 15.4. The Morgan fingerprint density at radius 3 is 3.04 bits per heavy atom. The summed E-state index contributed by atoms with van der Waals surface area (Å²) < 4.78 is 1.40. The highest BCUT2D eigenvalue weighted by Crippen LogP contribution is 2.33. The lowest BCUT2D eigenvalue weighted by Gasteiger charge is -2.22. The smallest absolute Gasteiger partial charge is 0.262 e. The van der Waals surface area contributed by atoms with E-state index in [0.29, 0.717) is 16.8 Å². The molecule has 3 heterocycles. The van der Waals surface area contributed by atoms with E-state index in [2.05, 4.69) is 4.98 Å². The van der Waals surface area contributed by atoms with E-state index in [1.807, 2.05) is 29.6 Å². The number of nitrogens with zero attached hydrogens (tertiary/aromatic N) is 3. The van der Waals surface area contributed by atoms with Crippen LogP contribution in [0.5, 0.6) is 0 Å². The van der Waals surface area contributed by atoms with Crippen molar-refractivity contribution in [1.29, 1.82) is 0 Å². The largest absolute Gasteiger partial charge is 0.310 e. The van der Waals surface area contributed by atoms with Crippen molar-refractivity contribution >= 4 is 44.9 Å². The standard InChI is InChI=1S/C17H15N3O2S2/c21-15(10-19-11-18-16-12(17(19)22)6-9-24-16)20-7-3-8-23-14-5-2-1-4-13(14)20/h1-2,4-6,9,11H,3,7-8,10H2. The van der Waals surface area contributed by atoms with Crippen LogP contribution >= 0.6 is 23.1 Å². The van der Waals surface area contributed by atoms with E-state index in [9.17, 15) is 9.59 Å². The first-order chi connectivity index (χ1) is 11.7. The maximum atomic E-state index is 12.8. The minimum atomic E-state index is -0.160. The molecule has 0 fully saturated rings. The summed E-state index contributed by atoms with van der Waals surface area (Å²) in [5.41, 5.74) is 0.773. The molecule has 0 radical (unpaired) electrons. The molecule has 1 aromatic carbocycles. The van der Waals surface area contributed by atoms with Crippen LogP contribution in [0.3, 0.4) is 0 Å². The second-order valence-corrected chi connectivity index (χ2v) is 7.56. The number of anilines is 1. The number of thiophene rings is 1. The average molecular weight is 357 g/mol. The number of aromatic nitrogens is 2. The molecule has 0 bridgehead atoms. The summed E-state index contributed by atoms with van der Waals surface area (Å²) in [5, 5.41) is 2.41. The number of hydrogen-bond acceptors (Lipinski definition) is 5. The normalized spacial score (nSPS) is 14.4. The van der Waals surface area contributed by atoms with E-state index in [0.717, 1.165) is 22.8 Å². The highest BCUT2D eigenvalue weighted by molar-refractivity contribution is 7.99. The predicted octanol–water partition coefficient (Wildman–Crippen LogP) is 2.99. The second-order valence-electron chi connectivity index (χ2n) is 5.53. The number of benzene rings is 1. The van der Waals surface area contributed by atoms with Gasteiger partial charge in [0.1, 0.15) is 11.4 Å². The predicted molar refractivity (Wildman–Crippen MR) is 98.0 cm³/mol. The fraction of sp³-hybridized carbons (Fsp3) is 0.235. The Morgan fingerprint density at radius 2 is 2.12 bits per heavy atom. The number of carbonyl (C=O) groups is 1. The van der Waals surface area contributed by atoms with Crippen LogP contribution in [-0.4, -0.2) is 27.8 Å². The van der Waals surface area contributed by atoms with Gasteiger partial charge < -0.3 is 4.90 Å². The van der Waals surface area contributed by atoms with Gasteiger partial charge in [0.2, 0.25) is 5.91 Å². The van der Waals surface area contributed by atoms with Gasteiger partial charge in [0.05, 0.1) is 17.4 Å². The van der Waals surface area contributed by atoms with E-state index in [1.54, 1.807) is 22.7 Å². The van der Waals surface area contributed by atoms with E-state index in [-0.39, 0.29) is 18.0 Å². The van der Waals surface area contributed by atoms with Crippen LogP contribution in [-0.2, 0) is 11.3 Å². The number of amides is 1. The molecule has 0 saturated carbocycles. The molecule has 0 N–H and O–H groups in total. The molecule has 0 saturated heterocycles. The Morgan fingerprint density at radius 1 is 1.25 bits per heavy atom. The lowest BCUT2D eigenvalue weighted by molar-refractivity contribution is -0.119. The maximum Gasteiger partial charge on any atom is 0.262 e. The molecule has 0 unspecified atom stereocenters. The zero-order valence-corrected chi connectivity index (χ0v) is 14.5. The van der Waals surface area contributed by atoms with Crippen LogP contribution in [0.25, 0.3) is 10.2 Å². The lowest BCUT2D eigenvalue weighted by Crippen LogP contribution is -2.37. The third kappa shape index (κ3) is 2.74. The summed E-state index contributed by atoms with van der Waals surface area (Å²) in [6.07, 6.45) is 2.40. The van der Waals surface area contributed by atoms with E-state index < -0.39 is 0 Å². The molecule has 24 heavy (non-hydrogen) atoms. The second kappa shape index (κ2) is 6.41.